The van der Waals surface area contributed by atoms with Crippen LogP contribution < -0.4 is 5.32 Å². The Morgan fingerprint density at radius 2 is 1.94 bits per heavy atom. The highest BCUT2D eigenvalue weighted by Gasteiger charge is 2.11. The Labute approximate surface area is 112 Å². The van der Waals surface area contributed by atoms with E-state index in [1.165, 1.54) is 0 Å². The molecule has 18 heavy (non-hydrogen) atoms. The van der Waals surface area contributed by atoms with E-state index in [-0.39, 0.29) is 5.75 Å². The molecule has 1 N–H and O–H groups in total. The van der Waals surface area contributed by atoms with Crippen molar-refractivity contribution >= 4 is 9.84 Å². The Morgan fingerprint density at radius 3 is 2.50 bits per heavy atom. The van der Waals surface area contributed by atoms with Crippen molar-refractivity contribution in [1.29, 1.82) is 0 Å². The minimum atomic E-state index is -2.80. The van der Waals surface area contributed by atoms with Crippen molar-refractivity contribution in [3.8, 4) is 0 Å². The molecule has 0 aromatic rings. The van der Waals surface area contributed by atoms with E-state index in [4.69, 9.17) is 4.74 Å². The molecular formula is C13H29NO3S. The molecule has 0 aromatic heterocycles. The number of hydrogen-bond donors (Lipinski definition) is 1. The zero-order valence-electron chi connectivity index (χ0n) is 12.1. The summed E-state index contributed by atoms with van der Waals surface area (Å²) in [6, 6.07) is 0. The summed E-state index contributed by atoms with van der Waals surface area (Å²) in [5, 5.41) is 3.36. The van der Waals surface area contributed by atoms with Gasteiger partial charge in [0.05, 0.1) is 12.4 Å². The normalized spacial score (nSPS) is 13.7. The minimum absolute atomic E-state index is 0.261. The lowest BCUT2D eigenvalue weighted by molar-refractivity contribution is 0.197. The molecule has 0 aliphatic rings. The van der Waals surface area contributed by atoms with Crippen LogP contribution in [-0.2, 0) is 14.6 Å². The maximum absolute atomic E-state index is 11.4. The summed E-state index contributed by atoms with van der Waals surface area (Å²) in [6.45, 7) is 6.44. The van der Waals surface area contributed by atoms with Gasteiger partial charge in [0.15, 0.2) is 0 Å². The molecule has 0 aliphatic heterocycles. The average molecular weight is 279 g/mol. The second-order valence-corrected chi connectivity index (χ2v) is 7.20. The first-order valence-corrected chi connectivity index (χ1v) is 8.78. The predicted molar refractivity (Wildman–Crippen MR) is 76.7 cm³/mol. The number of sulfone groups is 1. The molecule has 0 spiro atoms. The molecule has 0 radical (unpaired) electrons. The number of rotatable bonds is 12. The van der Waals surface area contributed by atoms with Crippen molar-refractivity contribution < 1.29 is 13.2 Å². The second kappa shape index (κ2) is 10.8. The van der Waals surface area contributed by atoms with Crippen molar-refractivity contribution in [2.45, 2.75) is 39.5 Å². The summed E-state index contributed by atoms with van der Waals surface area (Å²) in [5.41, 5.74) is 0. The molecule has 0 heterocycles. The van der Waals surface area contributed by atoms with Crippen LogP contribution in [0.25, 0.3) is 0 Å². The van der Waals surface area contributed by atoms with E-state index in [9.17, 15) is 8.42 Å². The van der Waals surface area contributed by atoms with E-state index >= 15 is 0 Å². The van der Waals surface area contributed by atoms with Gasteiger partial charge in [-0.2, -0.15) is 0 Å². The molecule has 1 unspecified atom stereocenters. The Balaban J connectivity index is 3.82. The van der Waals surface area contributed by atoms with E-state index < -0.39 is 9.84 Å². The molecular weight excluding hydrogens is 250 g/mol. The average Bonchev–Trinajstić information content (AvgIpc) is 2.34. The van der Waals surface area contributed by atoms with Gasteiger partial charge >= 0.3 is 0 Å². The Kier molecular flexibility index (Phi) is 10.7. The minimum Gasteiger partial charge on any atom is -0.383 e. The van der Waals surface area contributed by atoms with E-state index in [2.05, 4.69) is 12.2 Å². The molecule has 0 bridgehead atoms. The van der Waals surface area contributed by atoms with Gasteiger partial charge in [-0.3, -0.25) is 0 Å². The van der Waals surface area contributed by atoms with Gasteiger partial charge in [0.1, 0.15) is 9.84 Å². The van der Waals surface area contributed by atoms with Gasteiger partial charge in [0.25, 0.3) is 0 Å². The molecule has 0 saturated heterocycles. The number of hydrogen-bond acceptors (Lipinski definition) is 4. The van der Waals surface area contributed by atoms with Crippen LogP contribution in [0, 0.1) is 5.92 Å². The second-order valence-electron chi connectivity index (χ2n) is 4.73. The van der Waals surface area contributed by atoms with E-state index in [1.54, 1.807) is 14.0 Å². The topological polar surface area (TPSA) is 55.4 Å². The first kappa shape index (κ1) is 17.9. The van der Waals surface area contributed by atoms with Gasteiger partial charge in [-0.25, -0.2) is 8.42 Å². The largest absolute Gasteiger partial charge is 0.383 e. The van der Waals surface area contributed by atoms with Gasteiger partial charge < -0.3 is 10.1 Å². The molecule has 0 aliphatic carbocycles. The van der Waals surface area contributed by atoms with E-state index in [1.807, 2.05) is 0 Å². The molecule has 0 fully saturated rings. The summed E-state index contributed by atoms with van der Waals surface area (Å²) in [5.74, 6) is 1.18. The van der Waals surface area contributed by atoms with Crippen molar-refractivity contribution in [2.75, 3.05) is 38.3 Å². The third-order valence-corrected chi connectivity index (χ3v) is 4.91. The lowest BCUT2D eigenvalue weighted by atomic mass is 9.98. The first-order valence-electron chi connectivity index (χ1n) is 6.95. The predicted octanol–water partition coefficient (Wildman–Crippen LogP) is 1.85. The summed E-state index contributed by atoms with van der Waals surface area (Å²) in [6.07, 6.45) is 4.09. The number of ether oxygens (including phenoxy) is 1. The first-order chi connectivity index (χ1) is 8.55. The van der Waals surface area contributed by atoms with Crippen LogP contribution in [0.1, 0.15) is 39.5 Å². The summed E-state index contributed by atoms with van der Waals surface area (Å²) in [7, 11) is -1.10. The Bertz CT molecular complexity index is 278. The van der Waals surface area contributed by atoms with Gasteiger partial charge in [-0.05, 0) is 31.7 Å². The fourth-order valence-corrected chi connectivity index (χ4v) is 2.87. The van der Waals surface area contributed by atoms with Gasteiger partial charge in [-0.1, -0.05) is 20.3 Å². The monoisotopic (exact) mass is 279 g/mol. The molecule has 5 heteroatoms. The van der Waals surface area contributed by atoms with Crippen LogP contribution in [-0.4, -0.2) is 46.7 Å². The highest BCUT2D eigenvalue weighted by molar-refractivity contribution is 7.91. The number of methoxy groups -OCH3 is 1. The third-order valence-electron chi connectivity index (χ3n) is 3.12. The maximum Gasteiger partial charge on any atom is 0.150 e. The molecule has 0 rings (SSSR count). The lowest BCUT2D eigenvalue weighted by Gasteiger charge is -2.16. The third kappa shape index (κ3) is 9.85. The van der Waals surface area contributed by atoms with Crippen molar-refractivity contribution in [3.05, 3.63) is 0 Å². The maximum atomic E-state index is 11.4. The van der Waals surface area contributed by atoms with Crippen molar-refractivity contribution in [3.63, 3.8) is 0 Å². The van der Waals surface area contributed by atoms with E-state index in [0.717, 1.165) is 45.4 Å². The van der Waals surface area contributed by atoms with Gasteiger partial charge in [0.2, 0.25) is 0 Å². The molecule has 0 saturated carbocycles. The quantitative estimate of drug-likeness (QED) is 0.554. The van der Waals surface area contributed by atoms with Crippen LogP contribution >= 0.6 is 0 Å². The summed E-state index contributed by atoms with van der Waals surface area (Å²) < 4.78 is 27.8. The number of nitrogens with one attached hydrogen (secondary N) is 1. The zero-order valence-corrected chi connectivity index (χ0v) is 12.9. The van der Waals surface area contributed by atoms with Crippen LogP contribution in [0.15, 0.2) is 0 Å². The molecule has 4 nitrogen and oxygen atoms in total. The smallest absolute Gasteiger partial charge is 0.150 e. The summed E-state index contributed by atoms with van der Waals surface area (Å²) >= 11 is 0. The lowest BCUT2D eigenvalue weighted by Crippen LogP contribution is -2.26. The van der Waals surface area contributed by atoms with E-state index in [0.29, 0.717) is 11.7 Å². The summed E-state index contributed by atoms with van der Waals surface area (Å²) in [4.78, 5) is 0. The highest BCUT2D eigenvalue weighted by Crippen LogP contribution is 2.13. The van der Waals surface area contributed by atoms with Crippen LogP contribution in [0.3, 0.4) is 0 Å². The van der Waals surface area contributed by atoms with Gasteiger partial charge in [-0.15, -0.1) is 0 Å². The highest BCUT2D eigenvalue weighted by atomic mass is 32.2. The fraction of sp³-hybridized carbons (Fsp3) is 1.00. The molecule has 0 amide bonds. The Morgan fingerprint density at radius 1 is 1.22 bits per heavy atom. The molecule has 0 aromatic carbocycles. The Hall–Kier alpha value is -0.130. The SMILES string of the molecule is CCCC(CCCS(=O)(=O)CC)CNCCOC. The zero-order chi connectivity index (χ0) is 13.9. The van der Waals surface area contributed by atoms with Crippen LogP contribution in [0.4, 0.5) is 0 Å². The molecule has 110 valence electrons. The van der Waals surface area contributed by atoms with Crippen LogP contribution in [0.5, 0.6) is 0 Å². The van der Waals surface area contributed by atoms with Crippen molar-refractivity contribution in [1.82, 2.24) is 5.32 Å². The van der Waals surface area contributed by atoms with Gasteiger partial charge in [0, 0.05) is 19.4 Å². The van der Waals surface area contributed by atoms with Crippen LogP contribution in [0.2, 0.25) is 0 Å². The standard InChI is InChI=1S/C13H29NO3S/c1-4-7-13(12-14-9-10-17-3)8-6-11-18(15,16)5-2/h13-14H,4-12H2,1-3H3. The van der Waals surface area contributed by atoms with Crippen molar-refractivity contribution in [2.24, 2.45) is 5.92 Å². The fourth-order valence-electron chi connectivity index (χ4n) is 1.97. The molecule has 1 atom stereocenters.